The molecule has 0 saturated heterocycles. The topological polar surface area (TPSA) is 86.1 Å². The highest BCUT2D eigenvalue weighted by atomic mass is 32.2. The fourth-order valence-electron chi connectivity index (χ4n) is 3.93. The van der Waals surface area contributed by atoms with Crippen molar-refractivity contribution in [2.45, 2.75) is 50.4 Å². The number of aromatic nitrogens is 3. The second-order valence-electron chi connectivity index (χ2n) is 8.23. The number of allylic oxidation sites excluding steroid dienone is 1. The van der Waals surface area contributed by atoms with E-state index in [-0.39, 0.29) is 17.4 Å². The molecule has 7 nitrogen and oxygen atoms in total. The molecule has 8 heteroatoms. The van der Waals surface area contributed by atoms with Gasteiger partial charge >= 0.3 is 0 Å². The lowest BCUT2D eigenvalue weighted by atomic mass is 10.1. The van der Waals surface area contributed by atoms with Crippen LogP contribution in [-0.2, 0) is 11.3 Å². The second-order valence-corrected chi connectivity index (χ2v) is 9.17. The smallest absolute Gasteiger partial charge is 0.234 e. The molecule has 1 heterocycles. The Labute approximate surface area is 203 Å². The van der Waals surface area contributed by atoms with Crippen LogP contribution in [0.5, 0.6) is 5.75 Å². The Morgan fingerprint density at radius 3 is 2.65 bits per heavy atom. The molecular weight excluding hydrogens is 448 g/mol. The number of nitrogens with zero attached hydrogens (tertiary/aromatic N) is 3. The summed E-state index contributed by atoms with van der Waals surface area (Å²) in [5.41, 5.74) is 2.07. The number of carbonyl (C=O) groups is 2. The van der Waals surface area contributed by atoms with Gasteiger partial charge in [-0.3, -0.25) is 14.2 Å². The van der Waals surface area contributed by atoms with E-state index in [1.54, 1.807) is 30.3 Å². The number of hydrogen-bond donors (Lipinski definition) is 1. The van der Waals surface area contributed by atoms with Gasteiger partial charge in [-0.25, -0.2) is 0 Å². The molecule has 4 rings (SSSR count). The zero-order chi connectivity index (χ0) is 23.9. The number of carbonyl (C=O) groups excluding carboxylic acids is 2. The van der Waals surface area contributed by atoms with Crippen molar-refractivity contribution in [2.75, 3.05) is 11.1 Å². The highest BCUT2D eigenvalue weighted by Crippen LogP contribution is 2.28. The normalized spacial score (nSPS) is 13.6. The van der Waals surface area contributed by atoms with E-state index in [1.807, 2.05) is 28.8 Å². The van der Waals surface area contributed by atoms with Crippen LogP contribution in [0.25, 0.3) is 11.4 Å². The molecule has 1 fully saturated rings. The molecule has 1 amide bonds. The van der Waals surface area contributed by atoms with Gasteiger partial charge in [0.15, 0.2) is 16.8 Å². The van der Waals surface area contributed by atoms with Gasteiger partial charge < -0.3 is 10.1 Å². The Kier molecular flexibility index (Phi) is 7.80. The van der Waals surface area contributed by atoms with Crippen molar-refractivity contribution in [3.8, 4) is 17.1 Å². The number of thioether (sulfide) groups is 1. The summed E-state index contributed by atoms with van der Waals surface area (Å²) in [5.74, 6) is 1.51. The van der Waals surface area contributed by atoms with Gasteiger partial charge in [0, 0.05) is 23.4 Å². The molecule has 0 bridgehead atoms. The van der Waals surface area contributed by atoms with Crippen molar-refractivity contribution < 1.29 is 14.3 Å². The summed E-state index contributed by atoms with van der Waals surface area (Å²) in [5, 5.41) is 12.1. The fraction of sp³-hybridized carbons (Fsp3) is 0.308. The molecule has 34 heavy (non-hydrogen) atoms. The van der Waals surface area contributed by atoms with Gasteiger partial charge in [-0.1, -0.05) is 30.0 Å². The molecule has 176 valence electrons. The van der Waals surface area contributed by atoms with Crippen molar-refractivity contribution in [3.05, 3.63) is 66.7 Å². The lowest BCUT2D eigenvalue weighted by Gasteiger charge is -2.13. The van der Waals surface area contributed by atoms with Crippen LogP contribution in [0.15, 0.2) is 66.3 Å². The van der Waals surface area contributed by atoms with Gasteiger partial charge in [-0.15, -0.1) is 16.8 Å². The molecule has 0 unspecified atom stereocenters. The molecule has 2 aromatic carbocycles. The molecule has 0 radical (unpaired) electrons. The first kappa shape index (κ1) is 23.8. The SMILES string of the molecule is C=CCn1c(SCC(=O)Nc2cccc(C(C)=O)c2)nnc1-c1ccc(OC2CCCC2)cc1. The Bertz CT molecular complexity index is 1170. The first-order valence-electron chi connectivity index (χ1n) is 11.4. The van der Waals surface area contributed by atoms with Gasteiger partial charge in [0.2, 0.25) is 5.91 Å². The predicted octanol–water partition coefficient (Wildman–Crippen LogP) is 5.39. The Morgan fingerprint density at radius 1 is 1.18 bits per heavy atom. The van der Waals surface area contributed by atoms with Crippen molar-refractivity contribution in [1.29, 1.82) is 0 Å². The maximum Gasteiger partial charge on any atom is 0.234 e. The quantitative estimate of drug-likeness (QED) is 0.240. The van der Waals surface area contributed by atoms with E-state index >= 15 is 0 Å². The van der Waals surface area contributed by atoms with E-state index in [1.165, 1.54) is 31.5 Å². The number of nitrogens with one attached hydrogen (secondary N) is 1. The Balaban J connectivity index is 1.41. The fourth-order valence-corrected chi connectivity index (χ4v) is 4.67. The zero-order valence-electron chi connectivity index (χ0n) is 19.2. The van der Waals surface area contributed by atoms with E-state index < -0.39 is 0 Å². The molecular formula is C26H28N4O3S. The predicted molar refractivity (Wildman–Crippen MR) is 134 cm³/mol. The van der Waals surface area contributed by atoms with E-state index in [2.05, 4.69) is 22.1 Å². The number of anilines is 1. The standard InChI is InChI=1S/C26H28N4O3S/c1-3-15-30-25(19-11-13-23(14-12-19)33-22-9-4-5-10-22)28-29-26(30)34-17-24(32)27-21-8-6-7-20(16-21)18(2)31/h3,6-8,11-14,16,22H,1,4-5,9-10,15,17H2,2H3,(H,27,32). The number of Topliss-reactive ketones (excluding diaryl/α,β-unsaturated/α-hetero) is 1. The summed E-state index contributed by atoms with van der Waals surface area (Å²) in [6.07, 6.45) is 6.79. The van der Waals surface area contributed by atoms with Crippen LogP contribution in [0, 0.1) is 0 Å². The third-order valence-electron chi connectivity index (χ3n) is 5.63. The van der Waals surface area contributed by atoms with Crippen molar-refractivity contribution in [1.82, 2.24) is 14.8 Å². The molecule has 0 spiro atoms. The molecule has 1 N–H and O–H groups in total. The Morgan fingerprint density at radius 2 is 1.94 bits per heavy atom. The van der Waals surface area contributed by atoms with Crippen LogP contribution in [0.4, 0.5) is 5.69 Å². The molecule has 0 atom stereocenters. The van der Waals surface area contributed by atoms with Crippen LogP contribution >= 0.6 is 11.8 Å². The first-order chi connectivity index (χ1) is 16.5. The number of ether oxygens (including phenoxy) is 1. The van der Waals surface area contributed by atoms with Crippen molar-refractivity contribution in [3.63, 3.8) is 0 Å². The number of amides is 1. The van der Waals surface area contributed by atoms with Gasteiger partial charge in [-0.2, -0.15) is 0 Å². The summed E-state index contributed by atoms with van der Waals surface area (Å²) in [4.78, 5) is 24.0. The van der Waals surface area contributed by atoms with E-state index in [9.17, 15) is 9.59 Å². The highest BCUT2D eigenvalue weighted by Gasteiger charge is 2.18. The first-order valence-corrected chi connectivity index (χ1v) is 12.4. The molecule has 1 saturated carbocycles. The average molecular weight is 477 g/mol. The number of benzene rings is 2. The van der Waals surface area contributed by atoms with Gasteiger partial charge in [0.05, 0.1) is 11.9 Å². The Hall–Kier alpha value is -3.39. The van der Waals surface area contributed by atoms with E-state index in [4.69, 9.17) is 4.74 Å². The summed E-state index contributed by atoms with van der Waals surface area (Å²) >= 11 is 1.30. The third-order valence-corrected chi connectivity index (χ3v) is 6.60. The summed E-state index contributed by atoms with van der Waals surface area (Å²) in [6, 6.07) is 14.8. The molecule has 3 aromatic rings. The zero-order valence-corrected chi connectivity index (χ0v) is 20.0. The molecule has 1 aliphatic carbocycles. The van der Waals surface area contributed by atoms with Crippen LogP contribution in [0.1, 0.15) is 43.0 Å². The van der Waals surface area contributed by atoms with Crippen LogP contribution < -0.4 is 10.1 Å². The number of ketones is 1. The minimum absolute atomic E-state index is 0.0475. The second kappa shape index (κ2) is 11.2. The maximum atomic E-state index is 12.5. The van der Waals surface area contributed by atoms with Crippen molar-refractivity contribution >= 4 is 29.1 Å². The lowest BCUT2D eigenvalue weighted by molar-refractivity contribution is -0.113. The minimum Gasteiger partial charge on any atom is -0.490 e. The third kappa shape index (κ3) is 5.94. The maximum absolute atomic E-state index is 12.5. The van der Waals surface area contributed by atoms with E-state index in [0.717, 1.165) is 24.2 Å². The largest absolute Gasteiger partial charge is 0.490 e. The van der Waals surface area contributed by atoms with Crippen LogP contribution in [0.2, 0.25) is 0 Å². The summed E-state index contributed by atoms with van der Waals surface area (Å²) in [6.45, 7) is 5.86. The molecule has 1 aromatic heterocycles. The van der Waals surface area contributed by atoms with Crippen molar-refractivity contribution in [2.24, 2.45) is 0 Å². The van der Waals surface area contributed by atoms with E-state index in [0.29, 0.717) is 34.9 Å². The van der Waals surface area contributed by atoms with Gasteiger partial charge in [-0.05, 0) is 69.0 Å². The van der Waals surface area contributed by atoms with Crippen LogP contribution in [-0.4, -0.2) is 38.3 Å². The van der Waals surface area contributed by atoms with Gasteiger partial charge in [0.1, 0.15) is 5.75 Å². The highest BCUT2D eigenvalue weighted by molar-refractivity contribution is 7.99. The average Bonchev–Trinajstić information content (AvgIpc) is 3.49. The number of rotatable bonds is 10. The van der Waals surface area contributed by atoms with Gasteiger partial charge in [0.25, 0.3) is 0 Å². The lowest BCUT2D eigenvalue weighted by Crippen LogP contribution is -2.15. The minimum atomic E-state index is -0.186. The number of hydrogen-bond acceptors (Lipinski definition) is 6. The summed E-state index contributed by atoms with van der Waals surface area (Å²) < 4.78 is 8.00. The molecule has 1 aliphatic rings. The summed E-state index contributed by atoms with van der Waals surface area (Å²) in [7, 11) is 0. The molecule has 0 aliphatic heterocycles. The van der Waals surface area contributed by atoms with Crippen LogP contribution in [0.3, 0.4) is 0 Å². The monoisotopic (exact) mass is 476 g/mol.